The van der Waals surface area contributed by atoms with Crippen LogP contribution in [0.3, 0.4) is 0 Å². The third-order valence-corrected chi connectivity index (χ3v) is 6.65. The molecule has 1 aromatic rings. The maximum absolute atomic E-state index is 13.3. The number of benzene rings is 1. The molecular formula is C24H35N3O4. The Morgan fingerprint density at radius 1 is 1.06 bits per heavy atom. The predicted octanol–water partition coefficient (Wildman–Crippen LogP) is 2.48. The van der Waals surface area contributed by atoms with Gasteiger partial charge in [0.2, 0.25) is 11.8 Å². The summed E-state index contributed by atoms with van der Waals surface area (Å²) in [5.74, 6) is -1.22. The molecular weight excluding hydrogens is 394 g/mol. The molecule has 1 aliphatic carbocycles. The summed E-state index contributed by atoms with van der Waals surface area (Å²) < 4.78 is 0. The summed E-state index contributed by atoms with van der Waals surface area (Å²) in [6.07, 6.45) is 8.42. The lowest BCUT2D eigenvalue weighted by molar-refractivity contribution is -0.149. The first-order valence-electron chi connectivity index (χ1n) is 11.6. The van der Waals surface area contributed by atoms with Crippen molar-refractivity contribution in [3.8, 4) is 0 Å². The van der Waals surface area contributed by atoms with E-state index in [-0.39, 0.29) is 11.8 Å². The Morgan fingerprint density at radius 3 is 2.45 bits per heavy atom. The molecule has 1 aromatic carbocycles. The Balaban J connectivity index is 1.64. The van der Waals surface area contributed by atoms with Crippen molar-refractivity contribution in [1.29, 1.82) is 0 Å². The summed E-state index contributed by atoms with van der Waals surface area (Å²) in [5.41, 5.74) is 7.26. The van der Waals surface area contributed by atoms with Crippen molar-refractivity contribution in [2.45, 2.75) is 82.3 Å². The maximum Gasteiger partial charge on any atom is 0.326 e. The largest absolute Gasteiger partial charge is 0.480 e. The Labute approximate surface area is 184 Å². The first-order chi connectivity index (χ1) is 15.0. The van der Waals surface area contributed by atoms with E-state index in [1.807, 2.05) is 30.3 Å². The van der Waals surface area contributed by atoms with Crippen LogP contribution < -0.4 is 11.1 Å². The summed E-state index contributed by atoms with van der Waals surface area (Å²) in [7, 11) is 0. The van der Waals surface area contributed by atoms with Crippen LogP contribution >= 0.6 is 0 Å². The second-order valence-electron chi connectivity index (χ2n) is 8.96. The highest BCUT2D eigenvalue weighted by Gasteiger charge is 2.38. The highest BCUT2D eigenvalue weighted by molar-refractivity contribution is 5.92. The number of hydrogen-bond donors (Lipinski definition) is 3. The molecule has 0 aromatic heterocycles. The Kier molecular flexibility index (Phi) is 8.46. The van der Waals surface area contributed by atoms with E-state index in [1.165, 1.54) is 11.3 Å². The van der Waals surface area contributed by atoms with Crippen molar-refractivity contribution < 1.29 is 19.5 Å². The normalized spacial score (nSPS) is 21.5. The van der Waals surface area contributed by atoms with Gasteiger partial charge in [0.25, 0.3) is 0 Å². The molecule has 170 valence electrons. The molecule has 31 heavy (non-hydrogen) atoms. The SMILES string of the molecule is N[C@@H](CCc1ccccc1)C(=O)N[C@@H](CC1CCCCC1)C(=O)N1CCC[C@H]1C(=O)O. The standard InChI is InChI=1S/C24H35N3O4/c25-19(14-13-17-8-3-1-4-9-17)22(28)26-20(16-18-10-5-2-6-11-18)23(29)27-15-7-12-21(27)24(30)31/h1,3-4,8-9,18-21H,2,5-7,10-16,25H2,(H,26,28)(H,30,31)/t19-,20-,21-/m0/s1. The van der Waals surface area contributed by atoms with Gasteiger partial charge in [-0.1, -0.05) is 62.4 Å². The number of nitrogens with one attached hydrogen (secondary N) is 1. The van der Waals surface area contributed by atoms with Crippen LogP contribution in [0.2, 0.25) is 0 Å². The van der Waals surface area contributed by atoms with Gasteiger partial charge in [0.05, 0.1) is 6.04 Å². The zero-order valence-corrected chi connectivity index (χ0v) is 18.2. The third-order valence-electron chi connectivity index (χ3n) is 6.65. The average molecular weight is 430 g/mol. The highest BCUT2D eigenvalue weighted by atomic mass is 16.4. The van der Waals surface area contributed by atoms with Crippen LogP contribution in [-0.2, 0) is 20.8 Å². The molecule has 0 radical (unpaired) electrons. The van der Waals surface area contributed by atoms with Crippen molar-refractivity contribution >= 4 is 17.8 Å². The molecule has 3 atom stereocenters. The van der Waals surface area contributed by atoms with Crippen LogP contribution in [0, 0.1) is 5.92 Å². The first-order valence-corrected chi connectivity index (χ1v) is 11.6. The van der Waals surface area contributed by atoms with Gasteiger partial charge < -0.3 is 21.1 Å². The third kappa shape index (κ3) is 6.53. The summed E-state index contributed by atoms with van der Waals surface area (Å²) in [4.78, 5) is 39.1. The molecule has 1 aliphatic heterocycles. The van der Waals surface area contributed by atoms with E-state index < -0.39 is 24.1 Å². The Hall–Kier alpha value is -2.41. The van der Waals surface area contributed by atoms with E-state index in [9.17, 15) is 19.5 Å². The summed E-state index contributed by atoms with van der Waals surface area (Å²) in [5, 5.41) is 12.4. The molecule has 0 bridgehead atoms. The van der Waals surface area contributed by atoms with Gasteiger partial charge >= 0.3 is 5.97 Å². The number of carboxylic acid groups (broad SMARTS) is 1. The van der Waals surface area contributed by atoms with Crippen LogP contribution in [-0.4, -0.2) is 52.5 Å². The molecule has 1 saturated heterocycles. The lowest BCUT2D eigenvalue weighted by atomic mass is 9.84. The van der Waals surface area contributed by atoms with Crippen LogP contribution in [0.25, 0.3) is 0 Å². The molecule has 7 nitrogen and oxygen atoms in total. The molecule has 4 N–H and O–H groups in total. The van der Waals surface area contributed by atoms with E-state index in [2.05, 4.69) is 5.32 Å². The van der Waals surface area contributed by atoms with Gasteiger partial charge in [-0.2, -0.15) is 0 Å². The molecule has 2 aliphatic rings. The zero-order valence-electron chi connectivity index (χ0n) is 18.2. The van der Waals surface area contributed by atoms with Crippen LogP contribution in [0.4, 0.5) is 0 Å². The topological polar surface area (TPSA) is 113 Å². The fourth-order valence-electron chi connectivity index (χ4n) is 4.84. The molecule has 2 amide bonds. The molecule has 7 heteroatoms. The van der Waals surface area contributed by atoms with E-state index in [4.69, 9.17) is 5.73 Å². The number of likely N-dealkylation sites (tertiary alicyclic amines) is 1. The van der Waals surface area contributed by atoms with Crippen molar-refractivity contribution in [1.82, 2.24) is 10.2 Å². The minimum absolute atomic E-state index is 0.279. The smallest absolute Gasteiger partial charge is 0.326 e. The zero-order chi connectivity index (χ0) is 22.2. The average Bonchev–Trinajstić information content (AvgIpc) is 3.28. The van der Waals surface area contributed by atoms with E-state index in [0.29, 0.717) is 44.6 Å². The second kappa shape index (κ2) is 11.3. The summed E-state index contributed by atoms with van der Waals surface area (Å²) in [6.45, 7) is 0.424. The number of rotatable bonds is 9. The van der Waals surface area contributed by atoms with Crippen LogP contribution in [0.5, 0.6) is 0 Å². The Bertz CT molecular complexity index is 748. The van der Waals surface area contributed by atoms with Crippen molar-refractivity contribution in [3.05, 3.63) is 35.9 Å². The predicted molar refractivity (Wildman–Crippen MR) is 118 cm³/mol. The molecule has 0 spiro atoms. The number of amides is 2. The number of carboxylic acids is 1. The lowest BCUT2D eigenvalue weighted by Gasteiger charge is -2.31. The van der Waals surface area contributed by atoms with E-state index >= 15 is 0 Å². The fraction of sp³-hybridized carbons (Fsp3) is 0.625. The number of nitrogens with two attached hydrogens (primary N) is 1. The molecule has 1 heterocycles. The number of hydrogen-bond acceptors (Lipinski definition) is 4. The van der Waals surface area contributed by atoms with Gasteiger partial charge in [0.15, 0.2) is 0 Å². The number of carbonyl (C=O) groups is 3. The molecule has 0 unspecified atom stereocenters. The monoisotopic (exact) mass is 429 g/mol. The molecule has 3 rings (SSSR count). The van der Waals surface area contributed by atoms with Crippen LogP contribution in [0.1, 0.15) is 63.4 Å². The quantitative estimate of drug-likeness (QED) is 0.558. The lowest BCUT2D eigenvalue weighted by Crippen LogP contribution is -2.55. The number of aliphatic carboxylic acids is 1. The molecule has 1 saturated carbocycles. The van der Waals surface area contributed by atoms with Crippen molar-refractivity contribution in [2.75, 3.05) is 6.54 Å². The highest BCUT2D eigenvalue weighted by Crippen LogP contribution is 2.29. The minimum atomic E-state index is -0.979. The van der Waals surface area contributed by atoms with E-state index in [0.717, 1.165) is 31.2 Å². The first kappa shape index (κ1) is 23.3. The van der Waals surface area contributed by atoms with Crippen molar-refractivity contribution in [3.63, 3.8) is 0 Å². The van der Waals surface area contributed by atoms with E-state index in [1.54, 1.807) is 0 Å². The maximum atomic E-state index is 13.3. The Morgan fingerprint density at radius 2 is 1.77 bits per heavy atom. The number of nitrogens with zero attached hydrogens (tertiary/aromatic N) is 1. The van der Waals surface area contributed by atoms with Gasteiger partial charge in [-0.25, -0.2) is 4.79 Å². The fourth-order valence-corrected chi connectivity index (χ4v) is 4.84. The van der Waals surface area contributed by atoms with Gasteiger partial charge in [-0.05, 0) is 43.6 Å². The van der Waals surface area contributed by atoms with Gasteiger partial charge in [0, 0.05) is 6.54 Å². The second-order valence-corrected chi connectivity index (χ2v) is 8.96. The van der Waals surface area contributed by atoms with Crippen LogP contribution in [0.15, 0.2) is 30.3 Å². The number of carbonyl (C=O) groups excluding carboxylic acids is 2. The van der Waals surface area contributed by atoms with Gasteiger partial charge in [-0.3, -0.25) is 9.59 Å². The van der Waals surface area contributed by atoms with Gasteiger partial charge in [-0.15, -0.1) is 0 Å². The van der Waals surface area contributed by atoms with Crippen molar-refractivity contribution in [2.24, 2.45) is 11.7 Å². The number of aryl methyl sites for hydroxylation is 1. The summed E-state index contributed by atoms with van der Waals surface area (Å²) >= 11 is 0. The van der Waals surface area contributed by atoms with Gasteiger partial charge in [0.1, 0.15) is 12.1 Å². The summed E-state index contributed by atoms with van der Waals surface area (Å²) in [6, 6.07) is 7.63. The minimum Gasteiger partial charge on any atom is -0.480 e. The molecule has 2 fully saturated rings.